The monoisotopic (exact) mass is 264 g/mol. The predicted molar refractivity (Wildman–Crippen MR) is 81.3 cm³/mol. The molecule has 2 heteroatoms. The maximum Gasteiger partial charge on any atom is 0.0167 e. The predicted octanol–water partition coefficient (Wildman–Crippen LogP) is 3.37. The van der Waals surface area contributed by atoms with E-state index in [2.05, 4.69) is 44.4 Å². The fourth-order valence-electron chi connectivity index (χ4n) is 5.06. The number of rotatable bonds is 2. The molecule has 0 spiro atoms. The van der Waals surface area contributed by atoms with Crippen LogP contribution in [0.1, 0.15) is 60.3 Å². The summed E-state index contributed by atoms with van der Waals surface area (Å²) in [6.45, 7) is 16.3. The van der Waals surface area contributed by atoms with Crippen LogP contribution in [0.25, 0.3) is 0 Å². The summed E-state index contributed by atoms with van der Waals surface area (Å²) in [5.41, 5.74) is 0.947. The van der Waals surface area contributed by atoms with Crippen molar-refractivity contribution in [2.75, 3.05) is 19.6 Å². The second kappa shape index (κ2) is 4.46. The first-order valence-corrected chi connectivity index (χ1v) is 8.35. The van der Waals surface area contributed by atoms with Crippen LogP contribution >= 0.6 is 0 Å². The highest BCUT2D eigenvalue weighted by Gasteiger charge is 2.67. The molecule has 0 bridgehead atoms. The summed E-state index contributed by atoms with van der Waals surface area (Å²) < 4.78 is 0. The molecule has 3 aliphatic rings. The molecule has 4 atom stereocenters. The van der Waals surface area contributed by atoms with Gasteiger partial charge < -0.3 is 4.90 Å². The first-order valence-electron chi connectivity index (χ1n) is 8.35. The third-order valence-electron chi connectivity index (χ3n) is 6.12. The highest BCUT2D eigenvalue weighted by molar-refractivity contribution is 5.20. The van der Waals surface area contributed by atoms with Gasteiger partial charge in [-0.05, 0) is 71.4 Å². The van der Waals surface area contributed by atoms with Crippen molar-refractivity contribution in [2.24, 2.45) is 11.3 Å². The first-order chi connectivity index (χ1) is 8.84. The Labute approximate surface area is 119 Å². The van der Waals surface area contributed by atoms with E-state index in [4.69, 9.17) is 0 Å². The van der Waals surface area contributed by atoms with E-state index < -0.39 is 0 Å². The fraction of sp³-hybridized carbons (Fsp3) is 1.00. The van der Waals surface area contributed by atoms with Gasteiger partial charge in [0.1, 0.15) is 0 Å². The van der Waals surface area contributed by atoms with Crippen LogP contribution in [0.15, 0.2) is 0 Å². The molecule has 3 rings (SSSR count). The molecule has 110 valence electrons. The van der Waals surface area contributed by atoms with Crippen molar-refractivity contribution in [1.29, 1.82) is 0 Å². The van der Waals surface area contributed by atoms with Crippen molar-refractivity contribution in [1.82, 2.24) is 9.80 Å². The van der Waals surface area contributed by atoms with Crippen molar-refractivity contribution in [3.05, 3.63) is 0 Å². The van der Waals surface area contributed by atoms with Crippen molar-refractivity contribution in [3.8, 4) is 0 Å². The molecule has 2 unspecified atom stereocenters. The van der Waals surface area contributed by atoms with Gasteiger partial charge in [0.05, 0.1) is 0 Å². The zero-order valence-electron chi connectivity index (χ0n) is 13.6. The Bertz CT molecular complexity index is 340. The Hall–Kier alpha value is -0.0800. The van der Waals surface area contributed by atoms with Crippen LogP contribution in [-0.2, 0) is 0 Å². The molecule has 2 saturated heterocycles. The maximum atomic E-state index is 2.82. The lowest BCUT2D eigenvalue weighted by molar-refractivity contribution is 0.0713. The molecule has 19 heavy (non-hydrogen) atoms. The molecule has 0 radical (unpaired) electrons. The average molecular weight is 264 g/mol. The minimum atomic E-state index is 0.332. The van der Waals surface area contributed by atoms with Gasteiger partial charge in [-0.1, -0.05) is 13.3 Å². The van der Waals surface area contributed by atoms with Crippen LogP contribution in [0.3, 0.4) is 0 Å². The van der Waals surface area contributed by atoms with Gasteiger partial charge in [-0.2, -0.15) is 0 Å². The molecular weight excluding hydrogens is 232 g/mol. The summed E-state index contributed by atoms with van der Waals surface area (Å²) in [4.78, 5) is 5.57. The van der Waals surface area contributed by atoms with Gasteiger partial charge in [-0.25, -0.2) is 0 Å². The molecule has 2 heterocycles. The summed E-state index contributed by atoms with van der Waals surface area (Å²) in [5, 5.41) is 0. The minimum Gasteiger partial charge on any atom is -0.303 e. The lowest BCUT2D eigenvalue weighted by Crippen LogP contribution is -2.49. The van der Waals surface area contributed by atoms with E-state index in [0.29, 0.717) is 11.0 Å². The molecule has 0 amide bonds. The van der Waals surface area contributed by atoms with Crippen molar-refractivity contribution < 1.29 is 0 Å². The van der Waals surface area contributed by atoms with Crippen LogP contribution in [-0.4, -0.2) is 47.1 Å². The van der Waals surface area contributed by atoms with E-state index in [1.54, 1.807) is 0 Å². The second-order valence-corrected chi connectivity index (χ2v) is 8.51. The van der Waals surface area contributed by atoms with E-state index in [1.807, 2.05) is 0 Å². The average Bonchev–Trinajstić information content (AvgIpc) is 2.92. The molecule has 0 aromatic carbocycles. The summed E-state index contributed by atoms with van der Waals surface area (Å²) in [7, 11) is 0. The van der Waals surface area contributed by atoms with Gasteiger partial charge in [0.25, 0.3) is 0 Å². The van der Waals surface area contributed by atoms with Gasteiger partial charge in [-0.15, -0.1) is 0 Å². The summed E-state index contributed by atoms with van der Waals surface area (Å²) in [6.07, 6.45) is 5.73. The number of likely N-dealkylation sites (tertiary alicyclic amines) is 2. The first kappa shape index (κ1) is 13.9. The van der Waals surface area contributed by atoms with E-state index in [9.17, 15) is 0 Å². The molecule has 1 aliphatic carbocycles. The minimum absolute atomic E-state index is 0.332. The molecule has 2 aliphatic heterocycles. The van der Waals surface area contributed by atoms with Crippen molar-refractivity contribution in [3.63, 3.8) is 0 Å². The molecule has 0 N–H and O–H groups in total. The Kier molecular flexibility index (Phi) is 3.26. The molecule has 2 nitrogen and oxygen atoms in total. The number of nitrogens with zero attached hydrogens (tertiary/aromatic N) is 2. The Balaban J connectivity index is 1.71. The Morgan fingerprint density at radius 3 is 2.26 bits per heavy atom. The highest BCUT2D eigenvalue weighted by Crippen LogP contribution is 2.64. The molecule has 0 aromatic heterocycles. The number of hydrogen-bond donors (Lipinski definition) is 0. The van der Waals surface area contributed by atoms with Gasteiger partial charge in [0.15, 0.2) is 0 Å². The SMILES string of the molecule is C[C@@H]1C(CN2CCCCC2)[C@@]2(C)CC2N1C(C)(C)C. The van der Waals surface area contributed by atoms with E-state index in [1.165, 1.54) is 45.3 Å². The lowest BCUT2D eigenvalue weighted by Gasteiger charge is -2.41. The molecule has 1 saturated carbocycles. The van der Waals surface area contributed by atoms with Crippen LogP contribution in [0.5, 0.6) is 0 Å². The van der Waals surface area contributed by atoms with E-state index in [-0.39, 0.29) is 0 Å². The topological polar surface area (TPSA) is 6.48 Å². The smallest absolute Gasteiger partial charge is 0.0167 e. The standard InChI is InChI=1S/C17H32N2/c1-13-14(12-18-9-7-6-8-10-18)17(5)11-15(17)19(13)16(2,3)4/h13-15H,6-12H2,1-5H3/t13-,14?,15?,17-/m1/s1. The molecule has 3 fully saturated rings. The fourth-order valence-corrected chi connectivity index (χ4v) is 5.06. The van der Waals surface area contributed by atoms with Crippen LogP contribution in [0, 0.1) is 11.3 Å². The van der Waals surface area contributed by atoms with Gasteiger partial charge in [0, 0.05) is 24.2 Å². The third-order valence-corrected chi connectivity index (χ3v) is 6.12. The maximum absolute atomic E-state index is 2.82. The second-order valence-electron chi connectivity index (χ2n) is 8.51. The van der Waals surface area contributed by atoms with Crippen LogP contribution < -0.4 is 0 Å². The van der Waals surface area contributed by atoms with Crippen molar-refractivity contribution in [2.45, 2.75) is 77.9 Å². The number of hydrogen-bond acceptors (Lipinski definition) is 2. The summed E-state index contributed by atoms with van der Waals surface area (Å²) in [6, 6.07) is 1.61. The van der Waals surface area contributed by atoms with Crippen LogP contribution in [0.2, 0.25) is 0 Å². The highest BCUT2D eigenvalue weighted by atomic mass is 15.3. The Morgan fingerprint density at radius 1 is 1.11 bits per heavy atom. The Morgan fingerprint density at radius 2 is 1.74 bits per heavy atom. The van der Waals surface area contributed by atoms with Gasteiger partial charge >= 0.3 is 0 Å². The number of fused-ring (bicyclic) bond motifs is 1. The van der Waals surface area contributed by atoms with Crippen LogP contribution in [0.4, 0.5) is 0 Å². The lowest BCUT2D eigenvalue weighted by atomic mass is 9.86. The largest absolute Gasteiger partial charge is 0.303 e. The molecular formula is C17H32N2. The zero-order chi connectivity index (χ0) is 13.8. The normalized spacial score (nSPS) is 44.4. The van der Waals surface area contributed by atoms with E-state index in [0.717, 1.165) is 18.0 Å². The summed E-state index contributed by atoms with van der Waals surface area (Å²) >= 11 is 0. The zero-order valence-corrected chi connectivity index (χ0v) is 13.6. The summed E-state index contributed by atoms with van der Waals surface area (Å²) in [5.74, 6) is 0.884. The van der Waals surface area contributed by atoms with Crippen molar-refractivity contribution >= 4 is 0 Å². The number of piperidine rings is 2. The van der Waals surface area contributed by atoms with Gasteiger partial charge in [0.2, 0.25) is 0 Å². The quantitative estimate of drug-likeness (QED) is 0.754. The van der Waals surface area contributed by atoms with Gasteiger partial charge in [-0.3, -0.25) is 4.90 Å². The molecule has 0 aromatic rings. The third kappa shape index (κ3) is 2.25. The van der Waals surface area contributed by atoms with E-state index >= 15 is 0 Å².